The Kier molecular flexibility index (Phi) is 7.45. The molecule has 170 valence electrons. The van der Waals surface area contributed by atoms with E-state index >= 15 is 0 Å². The van der Waals surface area contributed by atoms with E-state index in [1.807, 2.05) is 67.6 Å². The van der Waals surface area contributed by atoms with E-state index in [0.717, 1.165) is 11.1 Å². The number of amides is 3. The molecule has 32 heavy (non-hydrogen) atoms. The highest BCUT2D eigenvalue weighted by molar-refractivity contribution is 8.00. The Balaban J connectivity index is 1.86. The van der Waals surface area contributed by atoms with Gasteiger partial charge in [-0.1, -0.05) is 67.6 Å². The van der Waals surface area contributed by atoms with Crippen molar-refractivity contribution in [3.8, 4) is 0 Å². The number of nitrogens with zero attached hydrogens (tertiary/aromatic N) is 1. The maximum atomic E-state index is 13.7. The minimum Gasteiger partial charge on any atom is -0.445 e. The van der Waals surface area contributed by atoms with Crippen molar-refractivity contribution in [3.63, 3.8) is 0 Å². The van der Waals surface area contributed by atoms with Crippen molar-refractivity contribution in [2.24, 2.45) is 5.73 Å². The maximum absolute atomic E-state index is 13.7. The molecule has 3 amide bonds. The highest BCUT2D eigenvalue weighted by Gasteiger charge is 2.55. The van der Waals surface area contributed by atoms with Crippen molar-refractivity contribution in [3.05, 3.63) is 71.8 Å². The van der Waals surface area contributed by atoms with Crippen LogP contribution in [0.25, 0.3) is 0 Å². The summed E-state index contributed by atoms with van der Waals surface area (Å²) >= 11 is 1.25. The second-order valence-electron chi connectivity index (χ2n) is 7.84. The molecule has 0 saturated carbocycles. The van der Waals surface area contributed by atoms with E-state index in [0.29, 0.717) is 19.4 Å². The zero-order chi connectivity index (χ0) is 23.2. The lowest BCUT2D eigenvalue weighted by molar-refractivity contribution is -0.141. The van der Waals surface area contributed by atoms with Gasteiger partial charge in [0.25, 0.3) is 5.91 Å². The molecule has 3 N–H and O–H groups in total. The number of ether oxygens (including phenoxy) is 1. The largest absolute Gasteiger partial charge is 0.445 e. The highest BCUT2D eigenvalue weighted by Crippen LogP contribution is 2.39. The van der Waals surface area contributed by atoms with Gasteiger partial charge in [-0.2, -0.15) is 0 Å². The maximum Gasteiger partial charge on any atom is 0.408 e. The number of alkyl carbamates (subject to hydrolysis) is 1. The van der Waals surface area contributed by atoms with Crippen LogP contribution in [0.2, 0.25) is 0 Å². The lowest BCUT2D eigenvalue weighted by Crippen LogP contribution is -2.61. The van der Waals surface area contributed by atoms with Crippen LogP contribution in [0.15, 0.2) is 60.7 Å². The fourth-order valence-corrected chi connectivity index (χ4v) is 5.07. The number of nitrogens with one attached hydrogen (secondary N) is 1. The first-order valence-electron chi connectivity index (χ1n) is 10.6. The molecule has 0 radical (unpaired) electrons. The van der Waals surface area contributed by atoms with Gasteiger partial charge in [0, 0.05) is 13.0 Å². The number of benzene rings is 2. The number of rotatable bonds is 9. The topological polar surface area (TPSA) is 102 Å². The average Bonchev–Trinajstić information content (AvgIpc) is 3.11. The molecule has 2 aromatic rings. The van der Waals surface area contributed by atoms with Gasteiger partial charge in [-0.25, -0.2) is 4.79 Å². The van der Waals surface area contributed by atoms with Crippen LogP contribution in [-0.4, -0.2) is 46.0 Å². The van der Waals surface area contributed by atoms with E-state index in [9.17, 15) is 14.4 Å². The Bertz CT molecular complexity index is 950. The number of nitrogens with two attached hydrogens (primary N) is 1. The van der Waals surface area contributed by atoms with Gasteiger partial charge in [-0.15, -0.1) is 11.8 Å². The predicted molar refractivity (Wildman–Crippen MR) is 125 cm³/mol. The quantitative estimate of drug-likeness (QED) is 0.605. The van der Waals surface area contributed by atoms with Gasteiger partial charge in [0.05, 0.1) is 0 Å². The van der Waals surface area contributed by atoms with Gasteiger partial charge in [0.1, 0.15) is 12.1 Å². The van der Waals surface area contributed by atoms with Crippen LogP contribution in [0.1, 0.15) is 30.9 Å². The van der Waals surface area contributed by atoms with Gasteiger partial charge in [0.15, 0.2) is 4.87 Å². The summed E-state index contributed by atoms with van der Waals surface area (Å²) in [6, 6.07) is 18.8. The summed E-state index contributed by atoms with van der Waals surface area (Å²) in [6.07, 6.45) is 2.09. The van der Waals surface area contributed by atoms with Gasteiger partial charge < -0.3 is 20.7 Å². The third-order valence-corrected chi connectivity index (χ3v) is 7.34. The molecule has 0 spiro atoms. The molecule has 0 unspecified atom stereocenters. The van der Waals surface area contributed by atoms with Gasteiger partial charge in [0.2, 0.25) is 5.91 Å². The summed E-state index contributed by atoms with van der Waals surface area (Å²) in [5, 5.41) is 2.84. The van der Waals surface area contributed by atoms with E-state index in [-0.39, 0.29) is 18.9 Å². The fraction of sp³-hybridized carbons (Fsp3) is 0.375. The third kappa shape index (κ3) is 4.75. The first kappa shape index (κ1) is 23.7. The summed E-state index contributed by atoms with van der Waals surface area (Å²) < 4.78 is 5.40. The Labute approximate surface area is 192 Å². The van der Waals surface area contributed by atoms with E-state index in [4.69, 9.17) is 10.5 Å². The summed E-state index contributed by atoms with van der Waals surface area (Å²) in [5.41, 5.74) is 6.25. The molecular weight excluding hydrogens is 426 g/mol. The standard InChI is InChI=1S/C24H29N3O4S/c1-3-24(32-2,20(25)28)27-15-14-23(21(27)29,16-18-10-6-4-7-11-18)26-22(30)31-17-19-12-8-5-9-13-19/h4-13H,3,14-17H2,1-2H3,(H2,25,28)(H,26,30)/t23-,24+/m1/s1. The van der Waals surface area contributed by atoms with Crippen molar-refractivity contribution in [1.29, 1.82) is 0 Å². The number of carbonyl (C=O) groups excluding carboxylic acids is 3. The number of carbonyl (C=O) groups is 3. The number of hydrogen-bond acceptors (Lipinski definition) is 5. The van der Waals surface area contributed by atoms with Crippen molar-refractivity contribution in [2.75, 3.05) is 12.8 Å². The monoisotopic (exact) mass is 455 g/mol. The first-order chi connectivity index (χ1) is 15.4. The van der Waals surface area contributed by atoms with E-state index < -0.39 is 22.4 Å². The Morgan fingerprint density at radius 3 is 2.25 bits per heavy atom. The average molecular weight is 456 g/mol. The molecule has 0 aromatic heterocycles. The molecule has 0 bridgehead atoms. The van der Waals surface area contributed by atoms with E-state index in [1.165, 1.54) is 16.7 Å². The summed E-state index contributed by atoms with van der Waals surface area (Å²) in [7, 11) is 0. The van der Waals surface area contributed by atoms with Crippen molar-refractivity contribution < 1.29 is 19.1 Å². The van der Waals surface area contributed by atoms with Gasteiger partial charge in [-0.3, -0.25) is 9.59 Å². The molecule has 1 heterocycles. The molecule has 3 rings (SSSR count). The lowest BCUT2D eigenvalue weighted by atomic mass is 9.89. The molecule has 1 aliphatic rings. The van der Waals surface area contributed by atoms with Crippen LogP contribution in [0, 0.1) is 0 Å². The summed E-state index contributed by atoms with van der Waals surface area (Å²) in [5.74, 6) is -0.893. The Morgan fingerprint density at radius 2 is 1.72 bits per heavy atom. The van der Waals surface area contributed by atoms with Crippen molar-refractivity contribution in [1.82, 2.24) is 10.2 Å². The van der Waals surface area contributed by atoms with Crippen LogP contribution in [-0.2, 0) is 27.4 Å². The molecule has 8 heteroatoms. The number of primary amides is 1. The van der Waals surface area contributed by atoms with Crippen LogP contribution < -0.4 is 11.1 Å². The van der Waals surface area contributed by atoms with Crippen molar-refractivity contribution >= 4 is 29.7 Å². The van der Waals surface area contributed by atoms with Crippen LogP contribution in [0.5, 0.6) is 0 Å². The normalized spacial score (nSPS) is 19.9. The second kappa shape index (κ2) is 10.1. The molecule has 7 nitrogen and oxygen atoms in total. The minimum atomic E-state index is -1.22. The minimum absolute atomic E-state index is 0.0942. The summed E-state index contributed by atoms with van der Waals surface area (Å²) in [6.45, 7) is 2.23. The molecule has 1 fully saturated rings. The van der Waals surface area contributed by atoms with E-state index in [1.54, 1.807) is 6.26 Å². The zero-order valence-electron chi connectivity index (χ0n) is 18.4. The first-order valence-corrected chi connectivity index (χ1v) is 11.8. The van der Waals surface area contributed by atoms with Crippen LogP contribution in [0.4, 0.5) is 4.79 Å². The van der Waals surface area contributed by atoms with Gasteiger partial charge >= 0.3 is 6.09 Å². The highest BCUT2D eigenvalue weighted by atomic mass is 32.2. The number of thioether (sulfide) groups is 1. The van der Waals surface area contributed by atoms with Gasteiger partial charge in [-0.05, 0) is 30.2 Å². The second-order valence-corrected chi connectivity index (χ2v) is 8.93. The lowest BCUT2D eigenvalue weighted by Gasteiger charge is -2.38. The van der Waals surface area contributed by atoms with E-state index in [2.05, 4.69) is 5.32 Å². The number of likely N-dealkylation sites (tertiary alicyclic amines) is 1. The Hall–Kier alpha value is -3.00. The molecular formula is C24H29N3O4S. The molecule has 0 aliphatic carbocycles. The smallest absolute Gasteiger partial charge is 0.408 e. The zero-order valence-corrected chi connectivity index (χ0v) is 19.2. The van der Waals surface area contributed by atoms with Crippen LogP contribution in [0.3, 0.4) is 0 Å². The van der Waals surface area contributed by atoms with Crippen LogP contribution >= 0.6 is 11.8 Å². The molecule has 1 saturated heterocycles. The number of hydrogen-bond donors (Lipinski definition) is 2. The molecule has 1 aliphatic heterocycles. The predicted octanol–water partition coefficient (Wildman–Crippen LogP) is 3.08. The SMILES string of the molecule is CC[C@](SC)(C(N)=O)N1CC[C@](Cc2ccccc2)(NC(=O)OCc2ccccc2)C1=O. The molecule has 2 aromatic carbocycles. The van der Waals surface area contributed by atoms with Crippen molar-refractivity contribution in [2.45, 2.75) is 43.2 Å². The molecule has 2 atom stereocenters. The Morgan fingerprint density at radius 1 is 1.12 bits per heavy atom. The summed E-state index contributed by atoms with van der Waals surface area (Å²) in [4.78, 5) is 39.2. The third-order valence-electron chi connectivity index (χ3n) is 5.96. The fourth-order valence-electron chi connectivity index (χ4n) is 4.19.